The van der Waals surface area contributed by atoms with Gasteiger partial charge in [0.05, 0.1) is 23.8 Å². The minimum Gasteiger partial charge on any atom is -0.261 e. The zero-order chi connectivity index (χ0) is 28.1. The van der Waals surface area contributed by atoms with Crippen molar-refractivity contribution in [1.29, 1.82) is 0 Å². The first-order chi connectivity index (χ1) is 20.8. The number of hydrogen-bond donors (Lipinski definition) is 0. The Kier molecular flexibility index (Phi) is 6.72. The van der Waals surface area contributed by atoms with E-state index in [0.29, 0.717) is 17.5 Å². The van der Waals surface area contributed by atoms with Crippen LogP contribution in [0.2, 0.25) is 0 Å². The number of aromatic nitrogens is 7. The zero-order valence-corrected chi connectivity index (χ0v) is 22.4. The molecule has 0 saturated heterocycles. The SMILES string of the molecule is c1ccc(-c2ccc(-c3nc(-c4cccc(-c5cnccn5)c4)nc(-c4cccc(-c5cnccn5)c4)n3)cc2)cc1. The number of benzene rings is 4. The van der Waals surface area contributed by atoms with Crippen LogP contribution in [-0.4, -0.2) is 34.9 Å². The minimum absolute atomic E-state index is 0.567. The summed E-state index contributed by atoms with van der Waals surface area (Å²) < 4.78 is 0. The lowest BCUT2D eigenvalue weighted by molar-refractivity contribution is 1.07. The number of rotatable bonds is 6. The first-order valence-electron chi connectivity index (χ1n) is 13.5. The Morgan fingerprint density at radius 2 is 0.762 bits per heavy atom. The molecule has 0 saturated carbocycles. The van der Waals surface area contributed by atoms with Crippen molar-refractivity contribution in [2.24, 2.45) is 0 Å². The Morgan fingerprint density at radius 1 is 0.333 bits per heavy atom. The average Bonchev–Trinajstić information content (AvgIpc) is 3.09. The third kappa shape index (κ3) is 5.26. The molecule has 0 unspecified atom stereocenters. The molecule has 7 rings (SSSR count). The standard InChI is InChI=1S/C35H23N7/c1-2-6-24(7-3-1)25-12-14-26(15-13-25)33-40-34(29-10-4-8-27(20-29)31-22-36-16-18-38-31)42-35(41-33)30-11-5-9-28(21-30)32-23-37-17-19-39-32/h1-23H. The van der Waals surface area contributed by atoms with Gasteiger partial charge in [-0.25, -0.2) is 15.0 Å². The van der Waals surface area contributed by atoms with Crippen LogP contribution < -0.4 is 0 Å². The Labute approximate surface area is 242 Å². The van der Waals surface area contributed by atoms with Crippen molar-refractivity contribution >= 4 is 0 Å². The molecule has 0 fully saturated rings. The van der Waals surface area contributed by atoms with E-state index in [1.165, 1.54) is 0 Å². The summed E-state index contributed by atoms with van der Waals surface area (Å²) in [5.41, 5.74) is 8.31. The van der Waals surface area contributed by atoms with Gasteiger partial charge < -0.3 is 0 Å². The molecule has 198 valence electrons. The van der Waals surface area contributed by atoms with Crippen LogP contribution in [0.4, 0.5) is 0 Å². The zero-order valence-electron chi connectivity index (χ0n) is 22.4. The summed E-state index contributed by atoms with van der Waals surface area (Å²) in [6.45, 7) is 0. The van der Waals surface area contributed by atoms with E-state index in [-0.39, 0.29) is 0 Å². The van der Waals surface area contributed by atoms with Crippen molar-refractivity contribution in [3.8, 4) is 67.8 Å². The summed E-state index contributed by atoms with van der Waals surface area (Å²) in [6.07, 6.45) is 10.2. The van der Waals surface area contributed by atoms with Crippen molar-refractivity contribution < 1.29 is 0 Å². The molecular formula is C35H23N7. The van der Waals surface area contributed by atoms with Gasteiger partial charge in [0, 0.05) is 52.6 Å². The van der Waals surface area contributed by atoms with Crippen molar-refractivity contribution in [3.05, 3.63) is 140 Å². The lowest BCUT2D eigenvalue weighted by atomic mass is 10.0. The van der Waals surface area contributed by atoms with E-state index in [9.17, 15) is 0 Å². The van der Waals surface area contributed by atoms with Crippen LogP contribution in [0.1, 0.15) is 0 Å². The van der Waals surface area contributed by atoms with Gasteiger partial charge in [-0.1, -0.05) is 91.0 Å². The van der Waals surface area contributed by atoms with Crippen molar-refractivity contribution in [3.63, 3.8) is 0 Å². The minimum atomic E-state index is 0.567. The fourth-order valence-corrected chi connectivity index (χ4v) is 4.74. The van der Waals surface area contributed by atoms with E-state index in [1.54, 1.807) is 37.2 Å². The Hall–Kier alpha value is -5.95. The molecule has 7 aromatic rings. The van der Waals surface area contributed by atoms with Gasteiger partial charge in [-0.3, -0.25) is 19.9 Å². The topological polar surface area (TPSA) is 90.2 Å². The van der Waals surface area contributed by atoms with E-state index < -0.39 is 0 Å². The maximum Gasteiger partial charge on any atom is 0.164 e. The number of nitrogens with zero attached hydrogens (tertiary/aromatic N) is 7. The lowest BCUT2D eigenvalue weighted by Crippen LogP contribution is -2.00. The molecule has 0 bridgehead atoms. The lowest BCUT2D eigenvalue weighted by Gasteiger charge is -2.10. The molecule has 0 N–H and O–H groups in total. The van der Waals surface area contributed by atoms with Gasteiger partial charge in [0.2, 0.25) is 0 Å². The Bertz CT molecular complexity index is 1860. The quantitative estimate of drug-likeness (QED) is 0.216. The molecule has 42 heavy (non-hydrogen) atoms. The monoisotopic (exact) mass is 541 g/mol. The summed E-state index contributed by atoms with van der Waals surface area (Å²) in [6, 6.07) is 34.6. The van der Waals surface area contributed by atoms with Crippen molar-refractivity contribution in [2.45, 2.75) is 0 Å². The fraction of sp³-hybridized carbons (Fsp3) is 0. The van der Waals surface area contributed by atoms with E-state index >= 15 is 0 Å². The van der Waals surface area contributed by atoms with Gasteiger partial charge >= 0.3 is 0 Å². The third-order valence-electron chi connectivity index (χ3n) is 6.85. The van der Waals surface area contributed by atoms with Gasteiger partial charge in [0.25, 0.3) is 0 Å². The second kappa shape index (κ2) is 11.3. The van der Waals surface area contributed by atoms with Crippen LogP contribution in [0.3, 0.4) is 0 Å². The van der Waals surface area contributed by atoms with Gasteiger partial charge in [-0.05, 0) is 23.3 Å². The highest BCUT2D eigenvalue weighted by atomic mass is 15.0. The molecule has 0 aliphatic heterocycles. The van der Waals surface area contributed by atoms with E-state index in [4.69, 9.17) is 15.0 Å². The maximum absolute atomic E-state index is 4.94. The van der Waals surface area contributed by atoms with Crippen LogP contribution in [0, 0.1) is 0 Å². The van der Waals surface area contributed by atoms with Gasteiger partial charge in [-0.15, -0.1) is 0 Å². The summed E-state index contributed by atoms with van der Waals surface area (Å²) in [7, 11) is 0. The molecule has 0 atom stereocenters. The molecular weight excluding hydrogens is 518 g/mol. The first kappa shape index (κ1) is 25.0. The van der Waals surface area contributed by atoms with Crippen LogP contribution in [0.25, 0.3) is 67.8 Å². The van der Waals surface area contributed by atoms with Crippen LogP contribution >= 0.6 is 0 Å². The third-order valence-corrected chi connectivity index (χ3v) is 6.85. The summed E-state index contributed by atoms with van der Waals surface area (Å²) in [5, 5.41) is 0. The molecule has 0 aliphatic rings. The predicted molar refractivity (Wildman–Crippen MR) is 164 cm³/mol. The highest BCUT2D eigenvalue weighted by molar-refractivity contribution is 5.74. The molecule has 7 heteroatoms. The van der Waals surface area contributed by atoms with Crippen LogP contribution in [-0.2, 0) is 0 Å². The molecule has 0 aliphatic carbocycles. The maximum atomic E-state index is 4.94. The largest absolute Gasteiger partial charge is 0.261 e. The molecule has 0 radical (unpaired) electrons. The van der Waals surface area contributed by atoms with Crippen molar-refractivity contribution in [1.82, 2.24) is 34.9 Å². The summed E-state index contributed by atoms with van der Waals surface area (Å²) in [4.78, 5) is 32.2. The Morgan fingerprint density at radius 3 is 1.26 bits per heavy atom. The molecule has 4 aromatic carbocycles. The van der Waals surface area contributed by atoms with E-state index in [1.807, 2.05) is 66.7 Å². The Balaban J connectivity index is 1.35. The predicted octanol–water partition coefficient (Wildman–Crippen LogP) is 7.45. The van der Waals surface area contributed by atoms with Gasteiger partial charge in [0.1, 0.15) is 0 Å². The summed E-state index contributed by atoms with van der Waals surface area (Å²) in [5.74, 6) is 1.72. The summed E-state index contributed by atoms with van der Waals surface area (Å²) >= 11 is 0. The smallest absolute Gasteiger partial charge is 0.164 e. The highest BCUT2D eigenvalue weighted by Gasteiger charge is 2.14. The van der Waals surface area contributed by atoms with Crippen LogP contribution in [0.15, 0.2) is 140 Å². The molecule has 0 amide bonds. The van der Waals surface area contributed by atoms with E-state index in [0.717, 1.165) is 50.3 Å². The average molecular weight is 542 g/mol. The first-order valence-corrected chi connectivity index (χ1v) is 13.5. The van der Waals surface area contributed by atoms with Crippen LogP contribution in [0.5, 0.6) is 0 Å². The normalized spacial score (nSPS) is 10.9. The molecule has 7 nitrogen and oxygen atoms in total. The van der Waals surface area contributed by atoms with Gasteiger partial charge in [-0.2, -0.15) is 0 Å². The molecule has 3 heterocycles. The molecule has 0 spiro atoms. The second-order valence-corrected chi connectivity index (χ2v) is 9.59. The highest BCUT2D eigenvalue weighted by Crippen LogP contribution is 2.30. The van der Waals surface area contributed by atoms with Gasteiger partial charge in [0.15, 0.2) is 17.5 Å². The second-order valence-electron chi connectivity index (χ2n) is 9.59. The number of hydrogen-bond acceptors (Lipinski definition) is 7. The van der Waals surface area contributed by atoms with E-state index in [2.05, 4.69) is 56.3 Å². The van der Waals surface area contributed by atoms with Crippen molar-refractivity contribution in [2.75, 3.05) is 0 Å². The fourth-order valence-electron chi connectivity index (χ4n) is 4.74. The molecule has 3 aromatic heterocycles.